The second-order valence-electron chi connectivity index (χ2n) is 3.97. The van der Waals surface area contributed by atoms with E-state index >= 15 is 0 Å². The van der Waals surface area contributed by atoms with E-state index in [2.05, 4.69) is 6.07 Å². The maximum absolute atomic E-state index is 10.1. The van der Waals surface area contributed by atoms with Crippen LogP contribution in [-0.4, -0.2) is 5.11 Å². The fraction of sp³-hybridized carbons (Fsp3) is 0. The number of fused-ring (bicyclic) bond motifs is 1. The number of hydrogen-bond donors (Lipinski definition) is 1. The summed E-state index contributed by atoms with van der Waals surface area (Å²) in [6, 6.07) is 22.4. The first-order valence-corrected chi connectivity index (χ1v) is 5.53. The van der Waals surface area contributed by atoms with Crippen LogP contribution in [0.3, 0.4) is 0 Å². The summed E-state index contributed by atoms with van der Waals surface area (Å²) < 4.78 is 0. The molecule has 3 heteroatoms. The molecule has 92 valence electrons. The number of hydrogen-bond acceptors (Lipinski definition) is 1. The van der Waals surface area contributed by atoms with Crippen LogP contribution in [0.15, 0.2) is 60.7 Å². The monoisotopic (exact) mass is 411 g/mol. The minimum Gasteiger partial charge on any atom is -0.507 e. The summed E-state index contributed by atoms with van der Waals surface area (Å²) in [5.74, 6) is 0.315. The fourth-order valence-electron chi connectivity index (χ4n) is 2.12. The molecule has 1 N–H and O–H groups in total. The number of phenolic OH excluding ortho intramolecular Hbond substituents is 1. The molecule has 0 radical (unpaired) electrons. The quantitative estimate of drug-likeness (QED) is 0.351. The Hall–Kier alpha value is -0.927. The molecular weight excluding hydrogens is 400 g/mol. The summed E-state index contributed by atoms with van der Waals surface area (Å²) in [6.45, 7) is 0. The van der Waals surface area contributed by atoms with Crippen LogP contribution in [0.5, 0.6) is 5.75 Å². The first-order valence-electron chi connectivity index (χ1n) is 5.53. The second-order valence-corrected chi connectivity index (χ2v) is 3.97. The SMILES string of the molecule is I.Oc1ccc2ccccc2c1-c1cc[c-]cc1.[Zn]. The summed E-state index contributed by atoms with van der Waals surface area (Å²) in [5, 5.41) is 12.3. The van der Waals surface area contributed by atoms with Gasteiger partial charge in [0.1, 0.15) is 5.75 Å². The van der Waals surface area contributed by atoms with E-state index in [-0.39, 0.29) is 43.5 Å². The topological polar surface area (TPSA) is 20.2 Å². The Kier molecular flexibility index (Phi) is 5.96. The molecule has 3 rings (SSSR count). The standard InChI is InChI=1S/C16H11O.HI.Zn/c17-15-11-10-12-6-4-5-9-14(12)16(15)13-7-2-1-3-8-13;;/h2-11,17H;1H;/q-1;;. The van der Waals surface area contributed by atoms with Gasteiger partial charge in [-0.1, -0.05) is 30.3 Å². The van der Waals surface area contributed by atoms with Gasteiger partial charge in [-0.15, -0.1) is 29.5 Å². The zero-order chi connectivity index (χ0) is 11.7. The van der Waals surface area contributed by atoms with Gasteiger partial charge in [0, 0.05) is 25.0 Å². The van der Waals surface area contributed by atoms with Crippen LogP contribution in [-0.2, 0) is 19.5 Å². The minimum atomic E-state index is 0. The molecule has 19 heavy (non-hydrogen) atoms. The molecule has 3 aromatic carbocycles. The van der Waals surface area contributed by atoms with E-state index < -0.39 is 0 Å². The summed E-state index contributed by atoms with van der Waals surface area (Å²) in [5.41, 5.74) is 1.90. The number of benzene rings is 3. The molecule has 0 atom stereocenters. The molecule has 0 bridgehead atoms. The third kappa shape index (κ3) is 3.15. The Morgan fingerprint density at radius 2 is 1.53 bits per heavy atom. The normalized spacial score (nSPS) is 9.47. The molecule has 0 fully saturated rings. The predicted molar refractivity (Wildman–Crippen MR) is 85.3 cm³/mol. The Labute approximate surface area is 142 Å². The molecule has 0 unspecified atom stereocenters. The molecule has 0 saturated heterocycles. The van der Waals surface area contributed by atoms with Crippen molar-refractivity contribution in [3.05, 3.63) is 66.7 Å². The van der Waals surface area contributed by atoms with E-state index in [0.717, 1.165) is 21.9 Å². The number of halogens is 1. The van der Waals surface area contributed by atoms with Crippen LogP contribution in [0.4, 0.5) is 0 Å². The van der Waals surface area contributed by atoms with Gasteiger partial charge < -0.3 is 5.11 Å². The van der Waals surface area contributed by atoms with Crippen molar-refractivity contribution in [1.29, 1.82) is 0 Å². The number of rotatable bonds is 1. The average molecular weight is 413 g/mol. The fourth-order valence-corrected chi connectivity index (χ4v) is 2.12. The largest absolute Gasteiger partial charge is 0.507 e. The summed E-state index contributed by atoms with van der Waals surface area (Å²) >= 11 is 0. The zero-order valence-corrected chi connectivity index (χ0v) is 15.6. The smallest absolute Gasteiger partial charge is 0.121 e. The van der Waals surface area contributed by atoms with E-state index in [1.165, 1.54) is 0 Å². The van der Waals surface area contributed by atoms with E-state index in [0.29, 0.717) is 5.75 Å². The van der Waals surface area contributed by atoms with Crippen LogP contribution in [0.2, 0.25) is 0 Å². The van der Waals surface area contributed by atoms with Crippen LogP contribution in [0.25, 0.3) is 21.9 Å². The van der Waals surface area contributed by atoms with Gasteiger partial charge in [-0.3, -0.25) is 0 Å². The number of aromatic hydroxyl groups is 1. The second kappa shape index (κ2) is 7.02. The van der Waals surface area contributed by atoms with Crippen LogP contribution < -0.4 is 0 Å². The molecule has 0 aromatic heterocycles. The van der Waals surface area contributed by atoms with Crippen LogP contribution in [0.1, 0.15) is 0 Å². The van der Waals surface area contributed by atoms with Crippen LogP contribution in [0, 0.1) is 6.07 Å². The predicted octanol–water partition coefficient (Wildman–Crippen LogP) is 4.63. The van der Waals surface area contributed by atoms with E-state index in [9.17, 15) is 5.11 Å². The average Bonchev–Trinajstić information content (AvgIpc) is 2.39. The summed E-state index contributed by atoms with van der Waals surface area (Å²) in [4.78, 5) is 0. The van der Waals surface area contributed by atoms with Crippen molar-refractivity contribution in [3.8, 4) is 16.9 Å². The Balaban J connectivity index is 0.000000902. The first kappa shape index (κ1) is 16.1. The molecule has 0 spiro atoms. The van der Waals surface area contributed by atoms with E-state index in [4.69, 9.17) is 0 Å². The van der Waals surface area contributed by atoms with Crippen molar-refractivity contribution >= 4 is 34.7 Å². The molecule has 0 aliphatic rings. The third-order valence-corrected chi connectivity index (χ3v) is 2.91. The summed E-state index contributed by atoms with van der Waals surface area (Å²) in [7, 11) is 0. The van der Waals surface area contributed by atoms with Gasteiger partial charge in [-0.2, -0.15) is 30.3 Å². The van der Waals surface area contributed by atoms with Crippen molar-refractivity contribution in [3.63, 3.8) is 0 Å². The van der Waals surface area contributed by atoms with E-state index in [1.807, 2.05) is 54.6 Å². The maximum atomic E-state index is 10.1. The van der Waals surface area contributed by atoms with Gasteiger partial charge in [0.15, 0.2) is 0 Å². The third-order valence-electron chi connectivity index (χ3n) is 2.91. The van der Waals surface area contributed by atoms with Gasteiger partial charge in [0.25, 0.3) is 0 Å². The Bertz CT molecular complexity index is 668. The molecular formula is C16H12IOZn-. The van der Waals surface area contributed by atoms with Crippen LogP contribution >= 0.6 is 24.0 Å². The minimum absolute atomic E-state index is 0. The van der Waals surface area contributed by atoms with Crippen molar-refractivity contribution in [2.24, 2.45) is 0 Å². The van der Waals surface area contributed by atoms with Crippen molar-refractivity contribution in [2.75, 3.05) is 0 Å². The van der Waals surface area contributed by atoms with Gasteiger partial charge in [-0.25, -0.2) is 0 Å². The van der Waals surface area contributed by atoms with Gasteiger partial charge in [0.05, 0.1) is 0 Å². The van der Waals surface area contributed by atoms with Gasteiger partial charge >= 0.3 is 0 Å². The van der Waals surface area contributed by atoms with Gasteiger partial charge in [0.2, 0.25) is 0 Å². The molecule has 0 heterocycles. The molecule has 3 aromatic rings. The number of phenols is 1. The first-order chi connectivity index (χ1) is 8.36. The Morgan fingerprint density at radius 1 is 0.842 bits per heavy atom. The Morgan fingerprint density at radius 3 is 2.26 bits per heavy atom. The van der Waals surface area contributed by atoms with E-state index in [1.54, 1.807) is 6.07 Å². The molecule has 0 amide bonds. The molecule has 1 nitrogen and oxygen atoms in total. The van der Waals surface area contributed by atoms with Crippen molar-refractivity contribution in [1.82, 2.24) is 0 Å². The van der Waals surface area contributed by atoms with Crippen molar-refractivity contribution in [2.45, 2.75) is 0 Å². The molecule has 0 aliphatic heterocycles. The summed E-state index contributed by atoms with van der Waals surface area (Å²) in [6.07, 6.45) is 0. The molecule has 0 aliphatic carbocycles. The maximum Gasteiger partial charge on any atom is 0.121 e. The zero-order valence-electron chi connectivity index (χ0n) is 10.3. The van der Waals surface area contributed by atoms with Gasteiger partial charge in [-0.05, 0) is 16.8 Å². The van der Waals surface area contributed by atoms with Crippen molar-refractivity contribution < 1.29 is 24.6 Å². The molecule has 0 saturated carbocycles.